The first kappa shape index (κ1) is 15.7. The third-order valence-electron chi connectivity index (χ3n) is 5.62. The Balaban J connectivity index is 1.65. The smallest absolute Gasteiger partial charge is 0.324 e. The van der Waals surface area contributed by atoms with Crippen LogP contribution in [0.2, 0.25) is 0 Å². The zero-order chi connectivity index (χ0) is 15.7. The Kier molecular flexibility index (Phi) is 4.41. The lowest BCUT2D eigenvalue weighted by atomic mass is 9.72. The summed E-state index contributed by atoms with van der Waals surface area (Å²) < 4.78 is 0. The average Bonchev–Trinajstić information content (AvgIpc) is 3.07. The Morgan fingerprint density at radius 3 is 2.82 bits per heavy atom. The first-order valence-electron chi connectivity index (χ1n) is 8.54. The van der Waals surface area contributed by atoms with E-state index >= 15 is 0 Å². The van der Waals surface area contributed by atoms with Gasteiger partial charge in [0.1, 0.15) is 0 Å². The highest BCUT2D eigenvalue weighted by Crippen LogP contribution is 2.40. The van der Waals surface area contributed by atoms with Crippen LogP contribution in [0, 0.1) is 5.92 Å². The molecule has 0 radical (unpaired) electrons. The van der Waals surface area contributed by atoms with Crippen molar-refractivity contribution in [2.24, 2.45) is 5.92 Å². The van der Waals surface area contributed by atoms with Gasteiger partial charge in [0.05, 0.1) is 12.1 Å². The molecule has 0 bridgehead atoms. The molecule has 3 aliphatic rings. The first-order valence-corrected chi connectivity index (χ1v) is 8.54. The molecule has 3 amide bonds. The maximum absolute atomic E-state index is 12.4. The molecular weight excluding hydrogens is 282 g/mol. The molecule has 3 rings (SSSR count). The van der Waals surface area contributed by atoms with Crippen LogP contribution in [0.3, 0.4) is 0 Å². The van der Waals surface area contributed by atoms with E-state index in [2.05, 4.69) is 10.2 Å². The number of urea groups is 1. The summed E-state index contributed by atoms with van der Waals surface area (Å²) in [6.07, 6.45) is 6.24. The molecule has 0 spiro atoms. The van der Waals surface area contributed by atoms with Gasteiger partial charge in [-0.05, 0) is 39.2 Å². The monoisotopic (exact) mass is 309 g/mol. The number of nitrogens with one attached hydrogen (secondary N) is 1. The minimum atomic E-state index is -0.625. The van der Waals surface area contributed by atoms with Gasteiger partial charge in [-0.15, -0.1) is 0 Å². The maximum Gasteiger partial charge on any atom is 0.324 e. The highest BCUT2D eigenvalue weighted by atomic mass is 16.3. The van der Waals surface area contributed by atoms with E-state index in [1.165, 1.54) is 4.90 Å². The van der Waals surface area contributed by atoms with Crippen molar-refractivity contribution >= 4 is 11.9 Å². The van der Waals surface area contributed by atoms with E-state index in [9.17, 15) is 14.7 Å². The Morgan fingerprint density at radius 1 is 1.32 bits per heavy atom. The quantitative estimate of drug-likeness (QED) is 0.814. The molecule has 6 heteroatoms. The van der Waals surface area contributed by atoms with Crippen LogP contribution in [-0.2, 0) is 4.79 Å². The molecule has 2 aliphatic heterocycles. The van der Waals surface area contributed by atoms with Crippen LogP contribution in [0.5, 0.6) is 0 Å². The molecule has 3 fully saturated rings. The Morgan fingerprint density at radius 2 is 2.14 bits per heavy atom. The van der Waals surface area contributed by atoms with Crippen LogP contribution in [-0.4, -0.2) is 64.7 Å². The minimum absolute atomic E-state index is 0.114. The van der Waals surface area contributed by atoms with E-state index in [0.29, 0.717) is 19.6 Å². The van der Waals surface area contributed by atoms with E-state index in [0.717, 1.165) is 45.1 Å². The van der Waals surface area contributed by atoms with Crippen molar-refractivity contribution < 1.29 is 14.7 Å². The fourth-order valence-electron chi connectivity index (χ4n) is 4.42. The molecule has 0 aromatic carbocycles. The molecular formula is C16H27N3O3. The largest absolute Gasteiger partial charge is 0.390 e. The summed E-state index contributed by atoms with van der Waals surface area (Å²) in [7, 11) is 0. The SMILES string of the molecule is CC1(O)CCCCC1C1CCCN1CC(=O)N1CCNC1=O. The summed E-state index contributed by atoms with van der Waals surface area (Å²) >= 11 is 0. The Labute approximate surface area is 131 Å². The normalized spacial score (nSPS) is 36.6. The molecule has 22 heavy (non-hydrogen) atoms. The molecule has 1 saturated carbocycles. The van der Waals surface area contributed by atoms with E-state index in [1.807, 2.05) is 6.92 Å². The lowest BCUT2D eigenvalue weighted by Crippen LogP contribution is -2.51. The van der Waals surface area contributed by atoms with Gasteiger partial charge in [0.2, 0.25) is 5.91 Å². The molecule has 1 aliphatic carbocycles. The number of hydrogen-bond donors (Lipinski definition) is 2. The second kappa shape index (κ2) is 6.16. The van der Waals surface area contributed by atoms with Crippen molar-refractivity contribution in [3.8, 4) is 0 Å². The highest BCUT2D eigenvalue weighted by Gasteiger charge is 2.44. The zero-order valence-electron chi connectivity index (χ0n) is 13.4. The van der Waals surface area contributed by atoms with Gasteiger partial charge < -0.3 is 10.4 Å². The third kappa shape index (κ3) is 2.99. The van der Waals surface area contributed by atoms with Crippen LogP contribution in [0.1, 0.15) is 45.4 Å². The van der Waals surface area contributed by atoms with E-state index in [1.54, 1.807) is 0 Å². The summed E-state index contributed by atoms with van der Waals surface area (Å²) in [4.78, 5) is 27.5. The highest BCUT2D eigenvalue weighted by molar-refractivity contribution is 5.96. The lowest BCUT2D eigenvalue weighted by Gasteiger charge is -2.43. The fraction of sp³-hybridized carbons (Fsp3) is 0.875. The van der Waals surface area contributed by atoms with Crippen LogP contribution in [0.15, 0.2) is 0 Å². The number of hydrogen-bond acceptors (Lipinski definition) is 4. The number of rotatable bonds is 3. The van der Waals surface area contributed by atoms with Crippen molar-refractivity contribution in [1.29, 1.82) is 0 Å². The summed E-state index contributed by atoms with van der Waals surface area (Å²) in [6, 6.07) is -0.00433. The molecule has 0 aromatic heterocycles. The Bertz CT molecular complexity index is 452. The number of aliphatic hydroxyl groups is 1. The van der Waals surface area contributed by atoms with Crippen molar-refractivity contribution in [3.05, 3.63) is 0 Å². The number of imide groups is 1. The minimum Gasteiger partial charge on any atom is -0.390 e. The van der Waals surface area contributed by atoms with Crippen molar-refractivity contribution in [1.82, 2.24) is 15.1 Å². The van der Waals surface area contributed by atoms with Gasteiger partial charge in [0, 0.05) is 25.0 Å². The number of amides is 3. The van der Waals surface area contributed by atoms with Crippen LogP contribution >= 0.6 is 0 Å². The fourth-order valence-corrected chi connectivity index (χ4v) is 4.42. The third-order valence-corrected chi connectivity index (χ3v) is 5.62. The predicted octanol–water partition coefficient (Wildman–Crippen LogP) is 0.944. The molecule has 3 atom stereocenters. The van der Waals surface area contributed by atoms with Gasteiger partial charge in [-0.25, -0.2) is 4.79 Å². The summed E-state index contributed by atoms with van der Waals surface area (Å²) in [5.74, 6) is 0.126. The van der Waals surface area contributed by atoms with Crippen molar-refractivity contribution in [2.45, 2.75) is 57.1 Å². The van der Waals surface area contributed by atoms with Gasteiger partial charge in [0.15, 0.2) is 0 Å². The van der Waals surface area contributed by atoms with Crippen LogP contribution in [0.4, 0.5) is 4.79 Å². The van der Waals surface area contributed by atoms with Gasteiger partial charge >= 0.3 is 6.03 Å². The van der Waals surface area contributed by atoms with E-state index in [-0.39, 0.29) is 23.9 Å². The molecule has 2 N–H and O–H groups in total. The average molecular weight is 309 g/mol. The molecule has 0 aromatic rings. The Hall–Kier alpha value is -1.14. The predicted molar refractivity (Wildman–Crippen MR) is 82.3 cm³/mol. The van der Waals surface area contributed by atoms with Crippen molar-refractivity contribution in [2.75, 3.05) is 26.2 Å². The molecule has 124 valence electrons. The van der Waals surface area contributed by atoms with Gasteiger partial charge in [-0.1, -0.05) is 12.8 Å². The number of likely N-dealkylation sites (tertiary alicyclic amines) is 1. The second-order valence-electron chi connectivity index (χ2n) is 7.17. The summed E-state index contributed by atoms with van der Waals surface area (Å²) in [5, 5.41) is 13.4. The first-order chi connectivity index (χ1) is 10.5. The second-order valence-corrected chi connectivity index (χ2v) is 7.17. The topological polar surface area (TPSA) is 72.9 Å². The summed E-state index contributed by atoms with van der Waals surface area (Å²) in [6.45, 7) is 4.15. The molecule has 3 unspecified atom stereocenters. The summed E-state index contributed by atoms with van der Waals surface area (Å²) in [5.41, 5.74) is -0.625. The molecule has 2 saturated heterocycles. The number of carbonyl (C=O) groups is 2. The lowest BCUT2D eigenvalue weighted by molar-refractivity contribution is -0.130. The van der Waals surface area contributed by atoms with E-state index < -0.39 is 5.60 Å². The number of carbonyl (C=O) groups excluding carboxylic acids is 2. The van der Waals surface area contributed by atoms with Gasteiger partial charge in [-0.3, -0.25) is 14.6 Å². The van der Waals surface area contributed by atoms with Crippen LogP contribution in [0.25, 0.3) is 0 Å². The number of nitrogens with zero attached hydrogens (tertiary/aromatic N) is 2. The van der Waals surface area contributed by atoms with Gasteiger partial charge in [-0.2, -0.15) is 0 Å². The molecule has 6 nitrogen and oxygen atoms in total. The molecule has 2 heterocycles. The van der Waals surface area contributed by atoms with Gasteiger partial charge in [0.25, 0.3) is 0 Å². The van der Waals surface area contributed by atoms with E-state index in [4.69, 9.17) is 0 Å². The van der Waals surface area contributed by atoms with Crippen molar-refractivity contribution in [3.63, 3.8) is 0 Å². The zero-order valence-corrected chi connectivity index (χ0v) is 13.4. The standard InChI is InChI=1S/C16H27N3O3/c1-16(22)7-3-2-5-12(16)13-6-4-9-18(13)11-14(20)19-10-8-17-15(19)21/h12-13,22H,2-11H2,1H3,(H,17,21). The van der Waals surface area contributed by atoms with Crippen LogP contribution < -0.4 is 5.32 Å². The maximum atomic E-state index is 12.4.